The van der Waals surface area contributed by atoms with E-state index >= 15 is 0 Å². The molecule has 192 valence electrons. The van der Waals surface area contributed by atoms with Gasteiger partial charge in [0.1, 0.15) is 5.69 Å². The zero-order chi connectivity index (χ0) is 25.7. The Morgan fingerprint density at radius 3 is 2.61 bits per heavy atom. The number of morpholine rings is 1. The van der Waals surface area contributed by atoms with Gasteiger partial charge in [0.2, 0.25) is 5.88 Å². The SMILES string of the molecule is COc1ncccc1Nc1cc2nc3ccccc3n(-c3ccccc3)c-2c/c1=N\CCN1CCOCC1. The van der Waals surface area contributed by atoms with E-state index in [2.05, 4.69) is 62.2 Å². The van der Waals surface area contributed by atoms with Crippen LogP contribution in [0.3, 0.4) is 0 Å². The van der Waals surface area contributed by atoms with Gasteiger partial charge in [-0.2, -0.15) is 0 Å². The largest absolute Gasteiger partial charge is 0.480 e. The lowest BCUT2D eigenvalue weighted by molar-refractivity contribution is 0.0394. The first-order chi connectivity index (χ1) is 18.8. The van der Waals surface area contributed by atoms with Crippen molar-refractivity contribution in [1.82, 2.24) is 19.4 Å². The molecule has 6 rings (SSSR count). The summed E-state index contributed by atoms with van der Waals surface area (Å²) in [6.07, 6.45) is 1.72. The molecule has 1 aromatic heterocycles. The van der Waals surface area contributed by atoms with E-state index in [1.165, 1.54) is 0 Å². The van der Waals surface area contributed by atoms with Crippen LogP contribution in [0.4, 0.5) is 11.4 Å². The summed E-state index contributed by atoms with van der Waals surface area (Å²) >= 11 is 0. The maximum atomic E-state index is 5.50. The van der Waals surface area contributed by atoms with Gasteiger partial charge in [0, 0.05) is 31.5 Å². The van der Waals surface area contributed by atoms with Crippen molar-refractivity contribution in [2.24, 2.45) is 4.99 Å². The summed E-state index contributed by atoms with van der Waals surface area (Å²) in [5, 5.41) is 4.38. The second-order valence-electron chi connectivity index (χ2n) is 9.15. The third-order valence-corrected chi connectivity index (χ3v) is 6.75. The highest BCUT2D eigenvalue weighted by Crippen LogP contribution is 2.31. The van der Waals surface area contributed by atoms with Gasteiger partial charge in [-0.25, -0.2) is 9.97 Å². The van der Waals surface area contributed by atoms with Gasteiger partial charge in [-0.15, -0.1) is 0 Å². The van der Waals surface area contributed by atoms with Crippen molar-refractivity contribution in [3.63, 3.8) is 0 Å². The lowest BCUT2D eigenvalue weighted by atomic mass is 10.1. The Labute approximate surface area is 221 Å². The minimum Gasteiger partial charge on any atom is -0.480 e. The van der Waals surface area contributed by atoms with Crippen LogP contribution in [-0.4, -0.2) is 65.9 Å². The Balaban J connectivity index is 1.52. The van der Waals surface area contributed by atoms with Crippen LogP contribution in [0.25, 0.3) is 28.1 Å². The summed E-state index contributed by atoms with van der Waals surface area (Å²) in [6.45, 7) is 4.99. The zero-order valence-electron chi connectivity index (χ0n) is 21.4. The molecule has 3 heterocycles. The second-order valence-corrected chi connectivity index (χ2v) is 9.15. The van der Waals surface area contributed by atoms with E-state index in [1.807, 2.05) is 36.4 Å². The number of benzene rings is 3. The molecule has 0 saturated carbocycles. The number of aromatic nitrogens is 3. The highest BCUT2D eigenvalue weighted by molar-refractivity contribution is 5.84. The van der Waals surface area contributed by atoms with Gasteiger partial charge in [-0.1, -0.05) is 30.3 Å². The maximum Gasteiger partial charge on any atom is 0.237 e. The number of ether oxygens (including phenoxy) is 2. The molecule has 3 aliphatic rings. The van der Waals surface area contributed by atoms with Crippen LogP contribution in [0.5, 0.6) is 5.88 Å². The topological polar surface area (TPSA) is 76.8 Å². The van der Waals surface area contributed by atoms with Gasteiger partial charge in [0.05, 0.1) is 60.3 Å². The summed E-state index contributed by atoms with van der Waals surface area (Å²) in [6, 6.07) is 26.6. The van der Waals surface area contributed by atoms with Crippen molar-refractivity contribution in [2.75, 3.05) is 51.8 Å². The van der Waals surface area contributed by atoms with Gasteiger partial charge in [-0.05, 0) is 48.5 Å². The van der Waals surface area contributed by atoms with Crippen molar-refractivity contribution in [1.29, 1.82) is 0 Å². The van der Waals surface area contributed by atoms with E-state index in [-0.39, 0.29) is 0 Å². The van der Waals surface area contributed by atoms with E-state index in [9.17, 15) is 0 Å². The molecule has 1 N–H and O–H groups in total. The van der Waals surface area contributed by atoms with Gasteiger partial charge < -0.3 is 19.4 Å². The van der Waals surface area contributed by atoms with Crippen LogP contribution in [0, 0.1) is 0 Å². The van der Waals surface area contributed by atoms with E-state index in [1.54, 1.807) is 13.3 Å². The molecule has 0 radical (unpaired) electrons. The van der Waals surface area contributed by atoms with Gasteiger partial charge in [0.15, 0.2) is 0 Å². The third-order valence-electron chi connectivity index (χ3n) is 6.75. The summed E-state index contributed by atoms with van der Waals surface area (Å²) in [5.41, 5.74) is 6.52. The molecule has 0 atom stereocenters. The molecule has 0 amide bonds. The molecule has 3 aromatic rings. The van der Waals surface area contributed by atoms with Crippen LogP contribution in [0.15, 0.2) is 90.1 Å². The summed E-state index contributed by atoms with van der Waals surface area (Å²) in [7, 11) is 1.62. The van der Waals surface area contributed by atoms with Crippen molar-refractivity contribution in [3.8, 4) is 23.0 Å². The Kier molecular flexibility index (Phi) is 6.97. The molecular formula is C30H30N6O2. The standard InChI is InChI=1S/C30H30N6O2/c1-37-30-24(11-7-13-32-30)34-26-20-27-29(21-25(26)31-14-15-35-16-18-38-19-17-35)36(22-8-3-2-4-9-22)28-12-6-5-10-23(28)33-27/h2-13,20-21,34H,14-19H2,1H3/b31-25+. The van der Waals surface area contributed by atoms with Gasteiger partial charge in [0.25, 0.3) is 0 Å². The second kappa shape index (κ2) is 11.0. The van der Waals surface area contributed by atoms with Crippen molar-refractivity contribution >= 4 is 22.4 Å². The molecule has 0 unspecified atom stereocenters. The van der Waals surface area contributed by atoms with Gasteiger partial charge in [-0.3, -0.25) is 9.89 Å². The number of para-hydroxylation sites is 3. The average Bonchev–Trinajstić information content (AvgIpc) is 2.97. The van der Waals surface area contributed by atoms with Crippen LogP contribution < -0.4 is 15.4 Å². The zero-order valence-corrected chi connectivity index (χ0v) is 21.4. The van der Waals surface area contributed by atoms with E-state index in [0.717, 1.165) is 77.7 Å². The molecule has 0 spiro atoms. The van der Waals surface area contributed by atoms with E-state index in [0.29, 0.717) is 12.4 Å². The Hall–Kier alpha value is -4.27. The molecular weight excluding hydrogens is 476 g/mol. The number of hydrogen-bond acceptors (Lipinski definition) is 7. The first-order valence-electron chi connectivity index (χ1n) is 12.9. The molecule has 2 aromatic carbocycles. The normalized spacial score (nSPS) is 14.7. The average molecular weight is 507 g/mol. The Morgan fingerprint density at radius 2 is 1.76 bits per heavy atom. The quantitative estimate of drug-likeness (QED) is 0.327. The minimum atomic E-state index is 0.526. The molecule has 8 nitrogen and oxygen atoms in total. The van der Waals surface area contributed by atoms with Crippen LogP contribution in [0.1, 0.15) is 0 Å². The van der Waals surface area contributed by atoms with Crippen LogP contribution in [0.2, 0.25) is 0 Å². The van der Waals surface area contributed by atoms with Crippen LogP contribution in [-0.2, 0) is 4.74 Å². The lowest BCUT2D eigenvalue weighted by Crippen LogP contribution is -2.38. The number of anilines is 2. The molecule has 1 saturated heterocycles. The first kappa shape index (κ1) is 24.1. The monoisotopic (exact) mass is 506 g/mol. The van der Waals surface area contributed by atoms with Crippen molar-refractivity contribution in [2.45, 2.75) is 0 Å². The lowest BCUT2D eigenvalue weighted by Gasteiger charge is -2.25. The fraction of sp³-hybridized carbons (Fsp3) is 0.233. The number of nitrogens with one attached hydrogen (secondary N) is 1. The predicted octanol–water partition coefficient (Wildman–Crippen LogP) is 4.51. The first-order valence-corrected chi connectivity index (χ1v) is 12.9. The third kappa shape index (κ3) is 4.96. The highest BCUT2D eigenvalue weighted by atomic mass is 16.5. The molecule has 0 bridgehead atoms. The van der Waals surface area contributed by atoms with E-state index in [4.69, 9.17) is 19.5 Å². The maximum absolute atomic E-state index is 5.50. The summed E-state index contributed by atoms with van der Waals surface area (Å²) in [4.78, 5) is 16.8. The van der Waals surface area contributed by atoms with E-state index < -0.39 is 0 Å². The predicted molar refractivity (Wildman–Crippen MR) is 149 cm³/mol. The molecule has 38 heavy (non-hydrogen) atoms. The van der Waals surface area contributed by atoms with Crippen molar-refractivity contribution in [3.05, 3.63) is 90.4 Å². The van der Waals surface area contributed by atoms with Crippen LogP contribution >= 0.6 is 0 Å². The minimum absolute atomic E-state index is 0.526. The summed E-state index contributed by atoms with van der Waals surface area (Å²) < 4.78 is 13.3. The molecule has 8 heteroatoms. The smallest absolute Gasteiger partial charge is 0.237 e. The van der Waals surface area contributed by atoms with Crippen molar-refractivity contribution < 1.29 is 9.47 Å². The summed E-state index contributed by atoms with van der Waals surface area (Å²) in [5.74, 6) is 0.526. The Bertz CT molecular complexity index is 1580. The number of fused-ring (bicyclic) bond motifs is 2. The highest BCUT2D eigenvalue weighted by Gasteiger charge is 2.17. The number of methoxy groups -OCH3 is 1. The number of rotatable bonds is 7. The molecule has 2 aliphatic heterocycles. The number of hydrogen-bond donors (Lipinski definition) is 1. The Morgan fingerprint density at radius 1 is 0.947 bits per heavy atom. The fourth-order valence-electron chi connectivity index (χ4n) is 4.86. The van der Waals surface area contributed by atoms with Gasteiger partial charge >= 0.3 is 0 Å². The fourth-order valence-corrected chi connectivity index (χ4v) is 4.86. The number of nitrogens with zero attached hydrogens (tertiary/aromatic N) is 5. The number of pyridine rings is 1. The molecule has 1 aliphatic carbocycles. The molecule has 1 fully saturated rings.